The van der Waals surface area contributed by atoms with Crippen LogP contribution in [-0.2, 0) is 9.53 Å². The van der Waals surface area contributed by atoms with E-state index in [-0.39, 0.29) is 17.1 Å². The zero-order chi connectivity index (χ0) is 16.8. The molecule has 23 heavy (non-hydrogen) atoms. The van der Waals surface area contributed by atoms with Gasteiger partial charge in [-0.15, -0.1) is 0 Å². The van der Waals surface area contributed by atoms with E-state index in [0.29, 0.717) is 11.3 Å². The average molecular weight is 313 g/mol. The smallest absolute Gasteiger partial charge is 0.338 e. The quantitative estimate of drug-likeness (QED) is 0.653. The number of anilines is 1. The fourth-order valence-electron chi connectivity index (χ4n) is 1.90. The van der Waals surface area contributed by atoms with Crippen molar-refractivity contribution < 1.29 is 24.2 Å². The van der Waals surface area contributed by atoms with Gasteiger partial charge in [-0.25, -0.2) is 4.79 Å². The van der Waals surface area contributed by atoms with E-state index in [2.05, 4.69) is 5.32 Å². The molecule has 0 spiro atoms. The first-order valence-electron chi connectivity index (χ1n) is 6.83. The summed E-state index contributed by atoms with van der Waals surface area (Å²) in [5.41, 5.74) is 0.969. The summed E-state index contributed by atoms with van der Waals surface area (Å²) in [4.78, 5) is 35.1. The number of para-hydroxylation sites is 1. The Labute approximate surface area is 132 Å². The van der Waals surface area contributed by atoms with Crippen molar-refractivity contribution in [2.24, 2.45) is 0 Å². The summed E-state index contributed by atoms with van der Waals surface area (Å²) >= 11 is 0. The van der Waals surface area contributed by atoms with Gasteiger partial charge in [0.1, 0.15) is 5.75 Å². The number of hydrogen-bond donors (Lipinski definition) is 2. The maximum absolute atomic E-state index is 11.8. The lowest BCUT2D eigenvalue weighted by atomic mass is 10.1. The number of carbonyl (C=O) groups is 3. The van der Waals surface area contributed by atoms with Gasteiger partial charge in [0.25, 0.3) is 5.91 Å². The normalized spacial score (nSPS) is 9.96. The minimum atomic E-state index is -0.681. The molecule has 6 nitrogen and oxygen atoms in total. The van der Waals surface area contributed by atoms with Gasteiger partial charge in [-0.1, -0.05) is 12.1 Å². The molecular formula is C17H15NO5. The summed E-state index contributed by atoms with van der Waals surface area (Å²) in [6.07, 6.45) is 0. The second-order valence-corrected chi connectivity index (χ2v) is 4.77. The lowest BCUT2D eigenvalue weighted by Crippen LogP contribution is -2.21. The van der Waals surface area contributed by atoms with Crippen molar-refractivity contribution in [1.29, 1.82) is 0 Å². The van der Waals surface area contributed by atoms with E-state index in [9.17, 15) is 14.4 Å². The van der Waals surface area contributed by atoms with Crippen LogP contribution >= 0.6 is 0 Å². The number of Topliss-reactive ketones (excluding diaryl/α,β-unsaturated/α-hetero) is 1. The van der Waals surface area contributed by atoms with E-state index in [1.165, 1.54) is 31.2 Å². The van der Waals surface area contributed by atoms with E-state index in [1.54, 1.807) is 24.3 Å². The number of phenols is 1. The summed E-state index contributed by atoms with van der Waals surface area (Å²) in [6.45, 7) is 0.918. The van der Waals surface area contributed by atoms with Crippen LogP contribution in [0.4, 0.5) is 5.69 Å². The Kier molecular flexibility index (Phi) is 5.09. The predicted octanol–water partition coefficient (Wildman–Crippen LogP) is 2.39. The number of carbonyl (C=O) groups excluding carboxylic acids is 3. The predicted molar refractivity (Wildman–Crippen MR) is 83.5 cm³/mol. The number of ketones is 1. The Morgan fingerprint density at radius 3 is 2.35 bits per heavy atom. The second-order valence-electron chi connectivity index (χ2n) is 4.77. The van der Waals surface area contributed by atoms with Crippen molar-refractivity contribution in [2.75, 3.05) is 11.9 Å². The third-order valence-electron chi connectivity index (χ3n) is 3.02. The lowest BCUT2D eigenvalue weighted by molar-refractivity contribution is -0.119. The molecule has 2 aromatic carbocycles. The Morgan fingerprint density at radius 2 is 1.70 bits per heavy atom. The SMILES string of the molecule is CC(=O)c1ccccc1NC(=O)COC(=O)c1ccc(O)cc1. The zero-order valence-electron chi connectivity index (χ0n) is 12.4. The number of esters is 1. The molecule has 0 fully saturated rings. The van der Waals surface area contributed by atoms with Gasteiger partial charge < -0.3 is 15.2 Å². The summed E-state index contributed by atoms with van der Waals surface area (Å²) in [5, 5.41) is 11.7. The molecule has 0 aliphatic rings. The third kappa shape index (κ3) is 4.41. The summed E-state index contributed by atoms with van der Waals surface area (Å²) in [6, 6.07) is 12.0. The van der Waals surface area contributed by atoms with Crippen LogP contribution in [0.15, 0.2) is 48.5 Å². The number of benzene rings is 2. The molecule has 6 heteroatoms. The van der Waals surface area contributed by atoms with Gasteiger partial charge in [0.15, 0.2) is 12.4 Å². The molecule has 0 atom stereocenters. The van der Waals surface area contributed by atoms with E-state index < -0.39 is 18.5 Å². The maximum atomic E-state index is 11.8. The maximum Gasteiger partial charge on any atom is 0.338 e. The van der Waals surface area contributed by atoms with Crippen LogP contribution in [0.3, 0.4) is 0 Å². The van der Waals surface area contributed by atoms with Crippen molar-refractivity contribution >= 4 is 23.3 Å². The molecule has 0 heterocycles. The number of aromatic hydroxyl groups is 1. The molecule has 0 bridgehead atoms. The second kappa shape index (κ2) is 7.22. The van der Waals surface area contributed by atoms with Gasteiger partial charge in [0.2, 0.25) is 0 Å². The van der Waals surface area contributed by atoms with Crippen molar-refractivity contribution in [3.8, 4) is 5.75 Å². The monoisotopic (exact) mass is 313 g/mol. The number of ether oxygens (including phenoxy) is 1. The molecule has 0 saturated heterocycles. The Hall–Kier alpha value is -3.15. The highest BCUT2D eigenvalue weighted by atomic mass is 16.5. The molecule has 1 amide bonds. The molecule has 2 aromatic rings. The fraction of sp³-hybridized carbons (Fsp3) is 0.118. The molecule has 2 rings (SSSR count). The van der Waals surface area contributed by atoms with Crippen LogP contribution in [0.5, 0.6) is 5.75 Å². The Morgan fingerprint density at radius 1 is 1.04 bits per heavy atom. The van der Waals surface area contributed by atoms with Crippen molar-refractivity contribution in [1.82, 2.24) is 0 Å². The van der Waals surface area contributed by atoms with E-state index >= 15 is 0 Å². The number of phenolic OH excluding ortho intramolecular Hbond substituents is 1. The van der Waals surface area contributed by atoms with Gasteiger partial charge in [0, 0.05) is 5.56 Å². The largest absolute Gasteiger partial charge is 0.508 e. The standard InChI is InChI=1S/C17H15NO5/c1-11(19)14-4-2-3-5-15(14)18-16(21)10-23-17(22)12-6-8-13(20)9-7-12/h2-9,20H,10H2,1H3,(H,18,21). The van der Waals surface area contributed by atoms with Crippen molar-refractivity contribution in [2.45, 2.75) is 6.92 Å². The third-order valence-corrected chi connectivity index (χ3v) is 3.02. The lowest BCUT2D eigenvalue weighted by Gasteiger charge is -2.09. The molecule has 0 radical (unpaired) electrons. The fourth-order valence-corrected chi connectivity index (χ4v) is 1.90. The number of hydrogen-bond acceptors (Lipinski definition) is 5. The number of amides is 1. The first-order chi connectivity index (χ1) is 11.0. The Balaban J connectivity index is 1.94. The van der Waals surface area contributed by atoms with Gasteiger partial charge in [-0.2, -0.15) is 0 Å². The number of rotatable bonds is 5. The van der Waals surface area contributed by atoms with Gasteiger partial charge in [-0.05, 0) is 43.3 Å². The topological polar surface area (TPSA) is 92.7 Å². The van der Waals surface area contributed by atoms with Crippen LogP contribution in [0.1, 0.15) is 27.6 Å². The van der Waals surface area contributed by atoms with Crippen LogP contribution < -0.4 is 5.32 Å². The highest BCUT2D eigenvalue weighted by Gasteiger charge is 2.13. The van der Waals surface area contributed by atoms with Crippen molar-refractivity contribution in [3.05, 3.63) is 59.7 Å². The minimum absolute atomic E-state index is 0.0279. The van der Waals surface area contributed by atoms with E-state index in [1.807, 2.05) is 0 Å². The molecule has 0 unspecified atom stereocenters. The highest BCUT2D eigenvalue weighted by molar-refractivity contribution is 6.04. The number of nitrogens with one attached hydrogen (secondary N) is 1. The van der Waals surface area contributed by atoms with E-state index in [0.717, 1.165) is 0 Å². The zero-order valence-corrected chi connectivity index (χ0v) is 12.4. The molecule has 0 aliphatic heterocycles. The molecule has 118 valence electrons. The first kappa shape index (κ1) is 16.2. The van der Waals surface area contributed by atoms with Crippen molar-refractivity contribution in [3.63, 3.8) is 0 Å². The van der Waals surface area contributed by atoms with E-state index in [4.69, 9.17) is 9.84 Å². The van der Waals surface area contributed by atoms with Crippen LogP contribution in [0, 0.1) is 0 Å². The van der Waals surface area contributed by atoms with Crippen LogP contribution in [0.2, 0.25) is 0 Å². The summed E-state index contributed by atoms with van der Waals surface area (Å²) in [5.74, 6) is -1.38. The Bertz CT molecular complexity index is 737. The molecule has 0 aliphatic carbocycles. The molecule has 2 N–H and O–H groups in total. The molecule has 0 saturated carbocycles. The molecular weight excluding hydrogens is 298 g/mol. The summed E-state index contributed by atoms with van der Waals surface area (Å²) < 4.78 is 4.88. The molecule has 0 aromatic heterocycles. The van der Waals surface area contributed by atoms with Gasteiger partial charge >= 0.3 is 5.97 Å². The highest BCUT2D eigenvalue weighted by Crippen LogP contribution is 2.15. The van der Waals surface area contributed by atoms with Gasteiger partial charge in [-0.3, -0.25) is 9.59 Å². The van der Waals surface area contributed by atoms with Crippen LogP contribution in [-0.4, -0.2) is 29.4 Å². The average Bonchev–Trinajstić information content (AvgIpc) is 2.53. The van der Waals surface area contributed by atoms with Crippen LogP contribution in [0.25, 0.3) is 0 Å². The minimum Gasteiger partial charge on any atom is -0.508 e. The summed E-state index contributed by atoms with van der Waals surface area (Å²) in [7, 11) is 0. The van der Waals surface area contributed by atoms with Gasteiger partial charge in [0.05, 0.1) is 11.3 Å². The first-order valence-corrected chi connectivity index (χ1v) is 6.83.